The Morgan fingerprint density at radius 1 is 1.21 bits per heavy atom. The SMILES string of the molecule is CNC(=O)C(=[NH+]c1ccc(Br)cc1)c1cc(C2CC2)c(NS(C)(=O)=O)cc1N. The maximum Gasteiger partial charge on any atom is 0.316 e. The molecule has 0 spiro atoms. The molecule has 2 aromatic rings. The van der Waals surface area contributed by atoms with Crippen LogP contribution in [0.25, 0.3) is 0 Å². The normalized spacial score (nSPS) is 14.6. The lowest BCUT2D eigenvalue weighted by molar-refractivity contribution is -0.352. The van der Waals surface area contributed by atoms with E-state index in [0.29, 0.717) is 22.6 Å². The number of likely N-dealkylation sites (N-methyl/N-ethyl adjacent to an activating group) is 1. The minimum atomic E-state index is -3.44. The quantitative estimate of drug-likeness (QED) is 0.379. The van der Waals surface area contributed by atoms with E-state index in [1.807, 2.05) is 24.3 Å². The molecule has 0 aromatic heterocycles. The first-order valence-electron chi connectivity index (χ1n) is 8.71. The van der Waals surface area contributed by atoms with Crippen molar-refractivity contribution in [3.63, 3.8) is 0 Å². The molecule has 0 aliphatic heterocycles. The second kappa shape index (κ2) is 7.92. The Morgan fingerprint density at radius 2 is 1.86 bits per heavy atom. The second-order valence-electron chi connectivity index (χ2n) is 6.76. The lowest BCUT2D eigenvalue weighted by atomic mass is 9.99. The van der Waals surface area contributed by atoms with E-state index in [9.17, 15) is 13.2 Å². The molecule has 2 aromatic carbocycles. The van der Waals surface area contributed by atoms with Gasteiger partial charge in [-0.15, -0.1) is 0 Å². The Morgan fingerprint density at radius 3 is 2.39 bits per heavy atom. The summed E-state index contributed by atoms with van der Waals surface area (Å²) in [5.74, 6) is -0.0672. The fourth-order valence-corrected chi connectivity index (χ4v) is 3.76. The Labute approximate surface area is 172 Å². The Bertz CT molecular complexity index is 1050. The summed E-state index contributed by atoms with van der Waals surface area (Å²) in [7, 11) is -1.90. The van der Waals surface area contributed by atoms with Crippen LogP contribution in [0.15, 0.2) is 40.9 Å². The summed E-state index contributed by atoms with van der Waals surface area (Å²) in [4.78, 5) is 15.7. The Hall–Kier alpha value is -2.39. The predicted molar refractivity (Wildman–Crippen MR) is 114 cm³/mol. The summed E-state index contributed by atoms with van der Waals surface area (Å²) in [5.41, 5.74) is 9.39. The number of benzene rings is 2. The molecule has 0 radical (unpaired) electrons. The van der Waals surface area contributed by atoms with Crippen molar-refractivity contribution in [3.05, 3.63) is 52.0 Å². The number of sulfonamides is 1. The van der Waals surface area contributed by atoms with Gasteiger partial charge in [0.1, 0.15) is 0 Å². The zero-order valence-corrected chi connectivity index (χ0v) is 17.9. The number of amides is 1. The number of hydrogen-bond acceptors (Lipinski definition) is 4. The molecule has 1 aliphatic rings. The molecule has 1 fully saturated rings. The molecule has 7 nitrogen and oxygen atoms in total. The molecule has 0 unspecified atom stereocenters. The summed E-state index contributed by atoms with van der Waals surface area (Å²) >= 11 is 3.39. The second-order valence-corrected chi connectivity index (χ2v) is 9.43. The Kier molecular flexibility index (Phi) is 5.76. The van der Waals surface area contributed by atoms with Crippen LogP contribution in [-0.4, -0.2) is 33.3 Å². The molecule has 0 bridgehead atoms. The highest BCUT2D eigenvalue weighted by Crippen LogP contribution is 2.45. The van der Waals surface area contributed by atoms with E-state index in [1.165, 1.54) is 0 Å². The maximum atomic E-state index is 12.6. The van der Waals surface area contributed by atoms with E-state index in [2.05, 4.69) is 31.0 Å². The molecule has 0 saturated heterocycles. The molecule has 0 heterocycles. The zero-order valence-electron chi connectivity index (χ0n) is 15.5. The molecule has 148 valence electrons. The van der Waals surface area contributed by atoms with Crippen molar-refractivity contribution in [1.29, 1.82) is 0 Å². The third-order valence-electron chi connectivity index (χ3n) is 4.37. The standard InChI is InChI=1S/C19H21BrN4O3S/c1-22-19(25)18(23-13-7-5-12(20)6-8-13)15-9-14(11-3-4-11)17(10-16(15)21)24-28(2,26)27/h5-11,24H,3-4,21H2,1-2H3,(H,22,25)/p+1. The minimum Gasteiger partial charge on any atom is -0.398 e. The van der Waals surface area contributed by atoms with Gasteiger partial charge in [-0.3, -0.25) is 9.52 Å². The Balaban J connectivity index is 2.13. The van der Waals surface area contributed by atoms with Crippen LogP contribution in [0, 0.1) is 0 Å². The number of nitrogen functional groups attached to an aromatic ring is 1. The fraction of sp³-hybridized carbons (Fsp3) is 0.263. The fourth-order valence-electron chi connectivity index (χ4n) is 2.92. The average Bonchev–Trinajstić information content (AvgIpc) is 3.45. The number of halogens is 1. The lowest BCUT2D eigenvalue weighted by Gasteiger charge is -2.14. The van der Waals surface area contributed by atoms with Gasteiger partial charge in [-0.25, -0.2) is 8.42 Å². The van der Waals surface area contributed by atoms with Gasteiger partial charge < -0.3 is 11.1 Å². The average molecular weight is 466 g/mol. The van der Waals surface area contributed by atoms with Crippen molar-refractivity contribution >= 4 is 54.6 Å². The van der Waals surface area contributed by atoms with Gasteiger partial charge in [0, 0.05) is 29.3 Å². The van der Waals surface area contributed by atoms with Crippen LogP contribution < -0.4 is 20.8 Å². The highest BCUT2D eigenvalue weighted by atomic mass is 79.9. The van der Waals surface area contributed by atoms with E-state index in [0.717, 1.165) is 34.8 Å². The summed E-state index contributed by atoms with van der Waals surface area (Å²) in [6, 6.07) is 10.8. The first kappa shape index (κ1) is 20.3. The molecule has 3 rings (SSSR count). The molecule has 1 saturated carbocycles. The number of nitrogens with two attached hydrogens (primary N) is 1. The van der Waals surface area contributed by atoms with Gasteiger partial charge in [-0.1, -0.05) is 15.9 Å². The third kappa shape index (κ3) is 4.90. The van der Waals surface area contributed by atoms with Gasteiger partial charge in [0.25, 0.3) is 5.71 Å². The predicted octanol–water partition coefficient (Wildman–Crippen LogP) is 1.23. The van der Waals surface area contributed by atoms with Crippen molar-refractivity contribution in [1.82, 2.24) is 5.32 Å². The summed E-state index contributed by atoms with van der Waals surface area (Å²) in [5, 5.41) is 2.62. The molecule has 5 N–H and O–H groups in total. The smallest absolute Gasteiger partial charge is 0.316 e. The van der Waals surface area contributed by atoms with Crippen molar-refractivity contribution in [2.45, 2.75) is 18.8 Å². The lowest BCUT2D eigenvalue weighted by Crippen LogP contribution is -2.70. The van der Waals surface area contributed by atoms with Gasteiger partial charge in [-0.2, -0.15) is 4.99 Å². The van der Waals surface area contributed by atoms with E-state index in [4.69, 9.17) is 5.73 Å². The topological polar surface area (TPSA) is 115 Å². The number of carbonyl (C=O) groups excluding carboxylic acids is 1. The minimum absolute atomic E-state index is 0.252. The van der Waals surface area contributed by atoms with Crippen molar-refractivity contribution in [2.24, 2.45) is 0 Å². The number of hydrogen-bond donors (Lipinski definition) is 4. The van der Waals surface area contributed by atoms with Gasteiger partial charge in [0.2, 0.25) is 15.7 Å². The molecule has 28 heavy (non-hydrogen) atoms. The van der Waals surface area contributed by atoms with Gasteiger partial charge in [0.05, 0.1) is 17.5 Å². The molecular weight excluding hydrogens is 444 g/mol. The number of anilines is 2. The van der Waals surface area contributed by atoms with Crippen LogP contribution in [-0.2, 0) is 14.8 Å². The molecule has 1 aliphatic carbocycles. The van der Waals surface area contributed by atoms with E-state index < -0.39 is 10.0 Å². The summed E-state index contributed by atoms with van der Waals surface area (Å²) in [6.07, 6.45) is 3.04. The van der Waals surface area contributed by atoms with E-state index in [1.54, 1.807) is 19.2 Å². The highest BCUT2D eigenvalue weighted by molar-refractivity contribution is 9.10. The van der Waals surface area contributed by atoms with Crippen molar-refractivity contribution in [2.75, 3.05) is 23.8 Å². The number of carbonyl (C=O) groups is 1. The monoisotopic (exact) mass is 465 g/mol. The van der Waals surface area contributed by atoms with Gasteiger partial charge >= 0.3 is 5.91 Å². The van der Waals surface area contributed by atoms with Crippen LogP contribution in [0.4, 0.5) is 17.1 Å². The van der Waals surface area contributed by atoms with Crippen LogP contribution in [0.2, 0.25) is 0 Å². The summed E-state index contributed by atoms with van der Waals surface area (Å²) < 4.78 is 26.9. The van der Waals surface area contributed by atoms with Crippen molar-refractivity contribution < 1.29 is 18.2 Å². The van der Waals surface area contributed by atoms with E-state index >= 15 is 0 Å². The molecular formula is C19H22BrN4O3S+. The number of nitrogens with one attached hydrogen (secondary N) is 3. The largest absolute Gasteiger partial charge is 0.398 e. The summed E-state index contributed by atoms with van der Waals surface area (Å²) in [6.45, 7) is 0. The number of rotatable bonds is 6. The first-order valence-corrected chi connectivity index (χ1v) is 11.4. The van der Waals surface area contributed by atoms with Crippen LogP contribution in [0.5, 0.6) is 0 Å². The molecule has 0 atom stereocenters. The van der Waals surface area contributed by atoms with Gasteiger partial charge in [0.15, 0.2) is 0 Å². The zero-order chi connectivity index (χ0) is 20.5. The van der Waals surface area contributed by atoms with Crippen molar-refractivity contribution in [3.8, 4) is 0 Å². The van der Waals surface area contributed by atoms with Crippen LogP contribution in [0.1, 0.15) is 29.9 Å². The van der Waals surface area contributed by atoms with Gasteiger partial charge in [-0.05, 0) is 48.6 Å². The van der Waals surface area contributed by atoms with Crippen LogP contribution in [0.3, 0.4) is 0 Å². The highest BCUT2D eigenvalue weighted by Gasteiger charge is 2.31. The first-order chi connectivity index (χ1) is 13.2. The maximum absolute atomic E-state index is 12.6. The third-order valence-corrected chi connectivity index (χ3v) is 5.49. The van der Waals surface area contributed by atoms with E-state index in [-0.39, 0.29) is 11.8 Å². The van der Waals surface area contributed by atoms with Crippen LogP contribution >= 0.6 is 15.9 Å². The molecule has 1 amide bonds. The molecule has 9 heteroatoms.